The molecule has 0 aliphatic heterocycles. The third-order valence-electron chi connectivity index (χ3n) is 5.99. The van der Waals surface area contributed by atoms with Crippen molar-refractivity contribution in [1.29, 1.82) is 0 Å². The first-order chi connectivity index (χ1) is 18.5. The van der Waals surface area contributed by atoms with Gasteiger partial charge in [-0.15, -0.1) is 0 Å². The van der Waals surface area contributed by atoms with E-state index < -0.39 is 35.5 Å². The molecule has 11 heteroatoms. The molecule has 8 N–H and O–H groups in total. The first-order valence-corrected chi connectivity index (χ1v) is 12.4. The highest BCUT2D eigenvalue weighted by Gasteiger charge is 2.30. The lowest BCUT2D eigenvalue weighted by molar-refractivity contribution is -0.134. The van der Waals surface area contributed by atoms with E-state index in [-0.39, 0.29) is 6.42 Å². The van der Waals surface area contributed by atoms with Gasteiger partial charge in [0, 0.05) is 54.0 Å². The van der Waals surface area contributed by atoms with E-state index in [1.807, 2.05) is 60.9 Å². The minimum absolute atomic E-state index is 0.249. The van der Waals surface area contributed by atoms with Crippen molar-refractivity contribution in [2.45, 2.75) is 51.4 Å². The van der Waals surface area contributed by atoms with Gasteiger partial charge in [0.05, 0.1) is 5.54 Å². The number of hydrogen-bond donors (Lipinski definition) is 7. The normalized spacial score (nSPS) is 12.6. The minimum atomic E-state index is -1.16. The fraction of sp³-hybridized carbons (Fsp3) is 0.286. The first kappa shape index (κ1) is 28.9. The van der Waals surface area contributed by atoms with Gasteiger partial charge in [0.15, 0.2) is 0 Å². The van der Waals surface area contributed by atoms with Crippen molar-refractivity contribution in [2.24, 2.45) is 5.73 Å². The number of benzene rings is 2. The number of carboxylic acids is 1. The third-order valence-corrected chi connectivity index (χ3v) is 5.99. The van der Waals surface area contributed by atoms with Crippen LogP contribution >= 0.6 is 0 Å². The number of aromatic nitrogens is 2. The fourth-order valence-corrected chi connectivity index (χ4v) is 4.10. The third kappa shape index (κ3) is 7.92. The molecule has 39 heavy (non-hydrogen) atoms. The maximum absolute atomic E-state index is 13.4. The van der Waals surface area contributed by atoms with Crippen LogP contribution in [0, 0.1) is 0 Å². The number of para-hydroxylation sites is 2. The van der Waals surface area contributed by atoms with Crippen LogP contribution in [0.25, 0.3) is 21.8 Å². The van der Waals surface area contributed by atoms with Gasteiger partial charge in [-0.05, 0) is 37.1 Å². The van der Waals surface area contributed by atoms with Crippen molar-refractivity contribution in [3.8, 4) is 0 Å². The van der Waals surface area contributed by atoms with Crippen molar-refractivity contribution in [3.63, 3.8) is 0 Å². The van der Waals surface area contributed by atoms with E-state index in [4.69, 9.17) is 15.6 Å². The Morgan fingerprint density at radius 2 is 1.41 bits per heavy atom. The number of carbonyl (C=O) groups is 4. The van der Waals surface area contributed by atoms with E-state index >= 15 is 0 Å². The molecule has 4 rings (SSSR count). The Morgan fingerprint density at radius 3 is 1.90 bits per heavy atom. The molecule has 0 aliphatic rings. The molecule has 0 saturated heterocycles. The lowest BCUT2D eigenvalue weighted by Crippen LogP contribution is -2.59. The predicted octanol–water partition coefficient (Wildman–Crippen LogP) is 1.94. The number of aliphatic carboxylic acids is 1. The zero-order chi connectivity index (χ0) is 28.6. The summed E-state index contributed by atoms with van der Waals surface area (Å²) in [4.78, 5) is 52.8. The molecule has 0 radical (unpaired) electrons. The van der Waals surface area contributed by atoms with Gasteiger partial charge in [-0.25, -0.2) is 0 Å². The van der Waals surface area contributed by atoms with Crippen molar-refractivity contribution >= 4 is 46.0 Å². The SMILES string of the molecule is CC(=O)O.CC(C)(N)C(=O)N[C@H](Cc1c[nH]c2ccccc12)C(=O)N[C@H](Cc1c[nH]c2ccccc12)NC=O. The largest absolute Gasteiger partial charge is 0.481 e. The van der Waals surface area contributed by atoms with Gasteiger partial charge in [0.25, 0.3) is 5.97 Å². The molecule has 4 aromatic rings. The molecule has 2 heterocycles. The molecule has 0 saturated carbocycles. The van der Waals surface area contributed by atoms with Crippen LogP contribution in [0.4, 0.5) is 0 Å². The summed E-state index contributed by atoms with van der Waals surface area (Å²) in [6.45, 7) is 4.24. The Kier molecular flexibility index (Phi) is 9.45. The standard InChI is InChI=1S/C26H30N6O3.C2H4O2/c1-26(2,27)25(35)31-22(11-16-13-28-20-9-5-3-7-18(16)20)24(34)32-23(30-15-33)12-17-14-29-21-10-6-4-8-19(17)21;1-2(3)4/h3-10,13-15,22-23,28-29H,11-12,27H2,1-2H3,(H,30,33)(H,31,35)(H,32,34);1H3,(H,3,4)/t22-,23-;/m1./s1. The highest BCUT2D eigenvalue weighted by atomic mass is 16.4. The maximum Gasteiger partial charge on any atom is 0.300 e. The van der Waals surface area contributed by atoms with E-state index in [2.05, 4.69) is 25.9 Å². The summed E-state index contributed by atoms with van der Waals surface area (Å²) in [7, 11) is 0. The van der Waals surface area contributed by atoms with Crippen LogP contribution in [-0.2, 0) is 32.0 Å². The summed E-state index contributed by atoms with van der Waals surface area (Å²) >= 11 is 0. The Balaban J connectivity index is 0.000000983. The van der Waals surface area contributed by atoms with Crippen molar-refractivity contribution in [1.82, 2.24) is 25.9 Å². The Hall–Kier alpha value is -4.64. The van der Waals surface area contributed by atoms with Crippen LogP contribution in [0.15, 0.2) is 60.9 Å². The van der Waals surface area contributed by atoms with Crippen molar-refractivity contribution < 1.29 is 24.3 Å². The average Bonchev–Trinajstić information content (AvgIpc) is 3.47. The van der Waals surface area contributed by atoms with Gasteiger partial charge >= 0.3 is 0 Å². The molecule has 2 aromatic heterocycles. The van der Waals surface area contributed by atoms with E-state index in [0.29, 0.717) is 12.8 Å². The van der Waals surface area contributed by atoms with E-state index in [0.717, 1.165) is 39.9 Å². The highest BCUT2D eigenvalue weighted by Crippen LogP contribution is 2.20. The first-order valence-electron chi connectivity index (χ1n) is 12.4. The average molecular weight is 535 g/mol. The van der Waals surface area contributed by atoms with Crippen LogP contribution in [0.5, 0.6) is 0 Å². The molecular weight excluding hydrogens is 500 g/mol. The molecule has 0 unspecified atom stereocenters. The monoisotopic (exact) mass is 534 g/mol. The Bertz CT molecular complexity index is 1450. The van der Waals surface area contributed by atoms with Crippen LogP contribution in [-0.4, -0.2) is 57.0 Å². The number of rotatable bonds is 10. The molecule has 2 atom stereocenters. The fourth-order valence-electron chi connectivity index (χ4n) is 4.10. The number of carboxylic acid groups (broad SMARTS) is 1. The molecule has 206 valence electrons. The highest BCUT2D eigenvalue weighted by molar-refractivity contribution is 5.93. The van der Waals surface area contributed by atoms with Gasteiger partial charge < -0.3 is 36.8 Å². The summed E-state index contributed by atoms with van der Waals surface area (Å²) in [6, 6.07) is 14.6. The van der Waals surface area contributed by atoms with Crippen LogP contribution in [0.1, 0.15) is 31.9 Å². The maximum atomic E-state index is 13.4. The number of nitrogens with two attached hydrogens (primary N) is 1. The van der Waals surface area contributed by atoms with E-state index in [9.17, 15) is 14.4 Å². The lowest BCUT2D eigenvalue weighted by atomic mass is 10.0. The zero-order valence-corrected chi connectivity index (χ0v) is 22.1. The topological polar surface area (TPSA) is 182 Å². The van der Waals surface area contributed by atoms with Crippen molar-refractivity contribution in [3.05, 3.63) is 72.1 Å². The van der Waals surface area contributed by atoms with E-state index in [1.165, 1.54) is 0 Å². The number of H-pyrrole nitrogens is 2. The van der Waals surface area contributed by atoms with Gasteiger partial charge in [0.1, 0.15) is 12.2 Å². The van der Waals surface area contributed by atoms with Gasteiger partial charge in [-0.1, -0.05) is 36.4 Å². The molecule has 2 aromatic carbocycles. The summed E-state index contributed by atoms with van der Waals surface area (Å²) in [5, 5.41) is 17.7. The number of hydrogen-bond acceptors (Lipinski definition) is 5. The molecule has 0 fully saturated rings. The summed E-state index contributed by atoms with van der Waals surface area (Å²) in [5.41, 5.74) is 8.54. The summed E-state index contributed by atoms with van der Waals surface area (Å²) < 4.78 is 0. The second-order valence-electron chi connectivity index (χ2n) is 9.74. The minimum Gasteiger partial charge on any atom is -0.481 e. The number of carbonyl (C=O) groups excluding carboxylic acids is 3. The quantitative estimate of drug-likeness (QED) is 0.120. The van der Waals surface area contributed by atoms with Gasteiger partial charge in [0.2, 0.25) is 18.2 Å². The smallest absolute Gasteiger partial charge is 0.300 e. The second kappa shape index (κ2) is 12.7. The number of aromatic amines is 2. The Labute approximate surface area is 225 Å². The Morgan fingerprint density at radius 1 is 0.923 bits per heavy atom. The number of fused-ring (bicyclic) bond motifs is 2. The molecule has 0 aliphatic carbocycles. The molecule has 3 amide bonds. The lowest BCUT2D eigenvalue weighted by Gasteiger charge is -2.26. The second-order valence-corrected chi connectivity index (χ2v) is 9.74. The molecular formula is C28H34N6O5. The van der Waals surface area contributed by atoms with E-state index in [1.54, 1.807) is 13.8 Å². The molecule has 0 bridgehead atoms. The summed E-state index contributed by atoms with van der Waals surface area (Å²) in [5.74, 6) is -1.71. The van der Waals surface area contributed by atoms with Crippen LogP contribution in [0.3, 0.4) is 0 Å². The predicted molar refractivity (Wildman–Crippen MR) is 149 cm³/mol. The number of nitrogens with one attached hydrogen (secondary N) is 5. The molecule has 0 spiro atoms. The van der Waals surface area contributed by atoms with Gasteiger partial charge in [-0.3, -0.25) is 19.2 Å². The zero-order valence-electron chi connectivity index (χ0n) is 22.1. The van der Waals surface area contributed by atoms with Crippen LogP contribution < -0.4 is 21.7 Å². The van der Waals surface area contributed by atoms with Crippen molar-refractivity contribution in [2.75, 3.05) is 0 Å². The van der Waals surface area contributed by atoms with Crippen LogP contribution in [0.2, 0.25) is 0 Å². The molecule has 11 nitrogen and oxygen atoms in total. The van der Waals surface area contributed by atoms with Gasteiger partial charge in [-0.2, -0.15) is 0 Å². The number of amides is 3. The summed E-state index contributed by atoms with van der Waals surface area (Å²) in [6.07, 6.45) is 4.18.